The molecule has 8 nitrogen and oxygen atoms in total. The van der Waals surface area contributed by atoms with Gasteiger partial charge in [0.25, 0.3) is 11.1 Å². The summed E-state index contributed by atoms with van der Waals surface area (Å²) in [5.41, 5.74) is 0. The summed E-state index contributed by atoms with van der Waals surface area (Å²) in [5, 5.41) is 8.34. The molecule has 1 fully saturated rings. The van der Waals surface area contributed by atoms with Crippen molar-refractivity contribution in [1.29, 1.82) is 0 Å². The summed E-state index contributed by atoms with van der Waals surface area (Å²) in [7, 11) is 0. The number of amides is 1. The summed E-state index contributed by atoms with van der Waals surface area (Å²) in [6.45, 7) is 2.72. The monoisotopic (exact) mass is 363 g/mol. The first-order valence-electron chi connectivity index (χ1n) is 8.00. The fraction of sp³-hybridized carbons (Fsp3) is 0.438. The van der Waals surface area contributed by atoms with E-state index in [0.717, 1.165) is 0 Å². The molecule has 1 aromatic carbocycles. The highest BCUT2D eigenvalue weighted by molar-refractivity contribution is 7.99. The van der Waals surface area contributed by atoms with E-state index in [-0.39, 0.29) is 11.7 Å². The second-order valence-electron chi connectivity index (χ2n) is 5.55. The molecule has 0 aliphatic carbocycles. The number of fused-ring (bicyclic) bond motifs is 1. The number of benzene rings is 1. The minimum absolute atomic E-state index is 0.0410. The highest BCUT2D eigenvalue weighted by Crippen LogP contribution is 2.35. The van der Waals surface area contributed by atoms with Crippen LogP contribution < -0.4 is 9.47 Å². The lowest BCUT2D eigenvalue weighted by molar-refractivity contribution is -0.132. The molecule has 2 aromatic rings. The Morgan fingerprint density at radius 1 is 1.20 bits per heavy atom. The van der Waals surface area contributed by atoms with Crippen LogP contribution in [0.4, 0.5) is 0 Å². The van der Waals surface area contributed by atoms with E-state index in [1.807, 2.05) is 24.3 Å². The largest absolute Gasteiger partial charge is 0.485 e. The van der Waals surface area contributed by atoms with Crippen LogP contribution in [0.25, 0.3) is 0 Å². The van der Waals surface area contributed by atoms with Gasteiger partial charge in [0.1, 0.15) is 6.61 Å². The number of para-hydroxylation sites is 2. The van der Waals surface area contributed by atoms with Crippen molar-refractivity contribution in [1.82, 2.24) is 15.1 Å². The van der Waals surface area contributed by atoms with E-state index >= 15 is 0 Å². The minimum atomic E-state index is -0.452. The van der Waals surface area contributed by atoms with E-state index in [1.165, 1.54) is 11.8 Å². The molecule has 0 unspecified atom stereocenters. The van der Waals surface area contributed by atoms with E-state index in [4.69, 9.17) is 18.6 Å². The molecule has 1 amide bonds. The summed E-state index contributed by atoms with van der Waals surface area (Å²) >= 11 is 1.22. The number of ether oxygens (including phenoxy) is 3. The second-order valence-corrected chi connectivity index (χ2v) is 6.48. The molecule has 1 aromatic heterocycles. The van der Waals surface area contributed by atoms with Gasteiger partial charge in [-0.05, 0) is 12.1 Å². The highest BCUT2D eigenvalue weighted by Gasteiger charge is 2.27. The number of thioether (sulfide) groups is 1. The maximum absolute atomic E-state index is 12.1. The molecule has 4 rings (SSSR count). The van der Waals surface area contributed by atoms with Crippen molar-refractivity contribution in [2.75, 3.05) is 38.7 Å². The van der Waals surface area contributed by atoms with Gasteiger partial charge in [0.2, 0.25) is 12.0 Å². The van der Waals surface area contributed by atoms with E-state index < -0.39 is 6.10 Å². The molecule has 3 heterocycles. The van der Waals surface area contributed by atoms with Crippen molar-refractivity contribution in [3.05, 3.63) is 30.2 Å². The van der Waals surface area contributed by atoms with Crippen molar-refractivity contribution in [2.45, 2.75) is 11.3 Å². The zero-order valence-corrected chi connectivity index (χ0v) is 14.2. The van der Waals surface area contributed by atoms with Crippen molar-refractivity contribution in [2.24, 2.45) is 0 Å². The van der Waals surface area contributed by atoms with Crippen LogP contribution in [0.5, 0.6) is 11.5 Å². The molecule has 0 N–H and O–H groups in total. The fourth-order valence-electron chi connectivity index (χ4n) is 2.58. The first-order valence-corrected chi connectivity index (χ1v) is 8.98. The van der Waals surface area contributed by atoms with Gasteiger partial charge in [-0.1, -0.05) is 23.9 Å². The van der Waals surface area contributed by atoms with E-state index in [2.05, 4.69) is 10.2 Å². The van der Waals surface area contributed by atoms with Crippen LogP contribution in [-0.2, 0) is 9.53 Å². The molecule has 1 atom stereocenters. The van der Waals surface area contributed by atoms with Crippen LogP contribution in [0.2, 0.25) is 0 Å². The van der Waals surface area contributed by atoms with E-state index in [1.54, 1.807) is 4.90 Å². The van der Waals surface area contributed by atoms with Crippen LogP contribution in [-0.4, -0.2) is 59.7 Å². The van der Waals surface area contributed by atoms with Gasteiger partial charge >= 0.3 is 0 Å². The molecule has 132 valence electrons. The first kappa shape index (κ1) is 16.2. The molecule has 9 heteroatoms. The molecular formula is C16H17N3O5S. The third kappa shape index (κ3) is 3.72. The number of nitrogens with zero attached hydrogens (tertiary/aromatic N) is 3. The average molecular weight is 363 g/mol. The number of aromatic nitrogens is 2. The van der Waals surface area contributed by atoms with Gasteiger partial charge in [0.05, 0.1) is 19.0 Å². The van der Waals surface area contributed by atoms with Crippen LogP contribution in [0, 0.1) is 0 Å². The number of carbonyl (C=O) groups excluding carboxylic acids is 1. The Morgan fingerprint density at radius 2 is 2.00 bits per heavy atom. The molecule has 2 aliphatic rings. The van der Waals surface area contributed by atoms with Crippen molar-refractivity contribution in [3.63, 3.8) is 0 Å². The summed E-state index contributed by atoms with van der Waals surface area (Å²) in [4.78, 5) is 13.9. The Labute approximate surface area is 148 Å². The topological polar surface area (TPSA) is 86.9 Å². The van der Waals surface area contributed by atoms with E-state index in [0.29, 0.717) is 55.5 Å². The average Bonchev–Trinajstić information content (AvgIpc) is 3.15. The third-order valence-corrected chi connectivity index (χ3v) is 4.69. The molecular weight excluding hydrogens is 346 g/mol. The Kier molecular flexibility index (Phi) is 4.75. The number of hydrogen-bond acceptors (Lipinski definition) is 8. The van der Waals surface area contributed by atoms with Crippen LogP contribution in [0.1, 0.15) is 12.0 Å². The molecule has 0 bridgehead atoms. The van der Waals surface area contributed by atoms with Crippen molar-refractivity contribution in [3.8, 4) is 11.5 Å². The van der Waals surface area contributed by atoms with Gasteiger partial charge in [-0.2, -0.15) is 0 Å². The zero-order chi connectivity index (χ0) is 17.1. The number of rotatable bonds is 4. The first-order chi connectivity index (χ1) is 12.3. The summed E-state index contributed by atoms with van der Waals surface area (Å²) in [5.74, 6) is 1.99. The van der Waals surface area contributed by atoms with Crippen LogP contribution in [0.15, 0.2) is 33.9 Å². The number of hydrogen-bond donors (Lipinski definition) is 0. The Hall–Kier alpha value is -2.26. The number of morpholine rings is 1. The van der Waals surface area contributed by atoms with Gasteiger partial charge in [-0.25, -0.2) is 0 Å². The highest BCUT2D eigenvalue weighted by atomic mass is 32.2. The summed E-state index contributed by atoms with van der Waals surface area (Å²) in [6.07, 6.45) is -0.452. The van der Waals surface area contributed by atoms with Gasteiger partial charge < -0.3 is 23.5 Å². The summed E-state index contributed by atoms with van der Waals surface area (Å²) < 4.78 is 22.3. The Balaban J connectivity index is 1.34. The SMILES string of the molecule is O=C(CSc1nnc([C@@H]2COc3ccccc3O2)o1)N1CCOCC1. The minimum Gasteiger partial charge on any atom is -0.485 e. The molecule has 0 saturated carbocycles. The predicted molar refractivity (Wildman–Crippen MR) is 87.7 cm³/mol. The quantitative estimate of drug-likeness (QED) is 0.756. The van der Waals surface area contributed by atoms with Crippen molar-refractivity contribution < 1.29 is 23.4 Å². The standard InChI is InChI=1S/C16H17N3O5S/c20-14(19-5-7-21-8-6-19)10-25-16-18-17-15(24-16)13-9-22-11-3-1-2-4-12(11)23-13/h1-4,13H,5-10H2/t13-/m0/s1. The van der Waals surface area contributed by atoms with Crippen LogP contribution >= 0.6 is 11.8 Å². The third-order valence-electron chi connectivity index (χ3n) is 3.89. The van der Waals surface area contributed by atoms with Gasteiger partial charge in [-0.3, -0.25) is 4.79 Å². The Bertz CT molecular complexity index is 747. The van der Waals surface area contributed by atoms with Gasteiger partial charge in [0.15, 0.2) is 11.5 Å². The zero-order valence-electron chi connectivity index (χ0n) is 13.4. The smallest absolute Gasteiger partial charge is 0.277 e. The second kappa shape index (κ2) is 7.32. The lowest BCUT2D eigenvalue weighted by atomic mass is 10.2. The molecule has 1 saturated heterocycles. The summed E-state index contributed by atoms with van der Waals surface area (Å²) in [6, 6.07) is 7.43. The maximum Gasteiger partial charge on any atom is 0.277 e. The Morgan fingerprint density at radius 3 is 2.84 bits per heavy atom. The molecule has 25 heavy (non-hydrogen) atoms. The molecule has 0 spiro atoms. The van der Waals surface area contributed by atoms with Gasteiger partial charge in [-0.15, -0.1) is 10.2 Å². The number of carbonyl (C=O) groups is 1. The fourth-order valence-corrected chi connectivity index (χ4v) is 3.25. The molecule has 2 aliphatic heterocycles. The maximum atomic E-state index is 12.1. The normalized spacial score (nSPS) is 19.7. The van der Waals surface area contributed by atoms with Gasteiger partial charge in [0, 0.05) is 13.1 Å². The van der Waals surface area contributed by atoms with Crippen molar-refractivity contribution >= 4 is 17.7 Å². The molecule has 0 radical (unpaired) electrons. The predicted octanol–water partition coefficient (Wildman–Crippen LogP) is 1.53. The lowest BCUT2D eigenvalue weighted by Gasteiger charge is -2.26. The lowest BCUT2D eigenvalue weighted by Crippen LogP contribution is -2.41. The van der Waals surface area contributed by atoms with E-state index in [9.17, 15) is 4.79 Å². The van der Waals surface area contributed by atoms with Crippen LogP contribution in [0.3, 0.4) is 0 Å².